The molecule has 0 bridgehead atoms. The van der Waals surface area contributed by atoms with Crippen molar-refractivity contribution in [2.24, 2.45) is 0 Å². The van der Waals surface area contributed by atoms with E-state index in [-0.39, 0.29) is 29.5 Å². The van der Waals surface area contributed by atoms with Crippen LogP contribution in [0.15, 0.2) is 58.3 Å². The minimum Gasteiger partial charge on any atom is -0.377 e. The van der Waals surface area contributed by atoms with Gasteiger partial charge in [-0.1, -0.05) is 18.2 Å². The summed E-state index contributed by atoms with van der Waals surface area (Å²) in [4.78, 5) is 14.0. The van der Waals surface area contributed by atoms with E-state index < -0.39 is 10.0 Å². The second-order valence-corrected chi connectivity index (χ2v) is 10.1. The van der Waals surface area contributed by atoms with Crippen molar-refractivity contribution in [3.8, 4) is 0 Å². The first-order valence-corrected chi connectivity index (χ1v) is 12.2. The molecule has 0 unspecified atom stereocenters. The van der Waals surface area contributed by atoms with Gasteiger partial charge in [0, 0.05) is 29.4 Å². The number of thioether (sulfide) groups is 1. The Morgan fingerprint density at radius 1 is 1.10 bits per heavy atom. The van der Waals surface area contributed by atoms with Crippen LogP contribution in [0, 0.1) is 0 Å². The van der Waals surface area contributed by atoms with Crippen LogP contribution < -0.4 is 10.0 Å². The molecule has 8 heteroatoms. The van der Waals surface area contributed by atoms with Crippen LogP contribution in [0.4, 0.5) is 0 Å². The highest BCUT2D eigenvalue weighted by Crippen LogP contribution is 2.35. The number of carbonyl (C=O) groups excluding carboxylic acids is 1. The van der Waals surface area contributed by atoms with E-state index in [2.05, 4.69) is 16.1 Å². The maximum absolute atomic E-state index is 12.7. The Labute approximate surface area is 175 Å². The van der Waals surface area contributed by atoms with E-state index in [0.29, 0.717) is 12.2 Å². The minimum absolute atomic E-state index is 0.0311. The van der Waals surface area contributed by atoms with Gasteiger partial charge in [0.25, 0.3) is 5.91 Å². The molecule has 0 aliphatic carbocycles. The summed E-state index contributed by atoms with van der Waals surface area (Å²) in [6.07, 6.45) is 2.63. The lowest BCUT2D eigenvalue weighted by atomic mass is 10.0. The second-order valence-electron chi connectivity index (χ2n) is 7.21. The molecule has 2 N–H and O–H groups in total. The van der Waals surface area contributed by atoms with E-state index in [4.69, 9.17) is 4.74 Å². The molecule has 0 saturated carbocycles. The van der Waals surface area contributed by atoms with Crippen molar-refractivity contribution in [2.75, 3.05) is 18.9 Å². The summed E-state index contributed by atoms with van der Waals surface area (Å²) in [5.74, 6) is 0.753. The van der Waals surface area contributed by atoms with Crippen LogP contribution in [-0.4, -0.2) is 39.3 Å². The average Bonchev–Trinajstić information content (AvgIpc) is 3.26. The average molecular weight is 433 g/mol. The van der Waals surface area contributed by atoms with Gasteiger partial charge in [-0.05, 0) is 55.2 Å². The molecule has 2 aromatic rings. The lowest BCUT2D eigenvalue weighted by molar-refractivity contribution is 0.0935. The lowest BCUT2D eigenvalue weighted by Crippen LogP contribution is -2.32. The summed E-state index contributed by atoms with van der Waals surface area (Å²) < 4.78 is 32.9. The van der Waals surface area contributed by atoms with Gasteiger partial charge in [0.2, 0.25) is 10.0 Å². The van der Waals surface area contributed by atoms with E-state index in [1.807, 2.05) is 18.2 Å². The summed E-state index contributed by atoms with van der Waals surface area (Å²) in [6, 6.07) is 14.1. The Hall–Kier alpha value is -1.87. The first-order chi connectivity index (χ1) is 14.0. The van der Waals surface area contributed by atoms with E-state index in [0.717, 1.165) is 30.6 Å². The normalized spacial score (nSPS) is 21.5. The maximum atomic E-state index is 12.7. The van der Waals surface area contributed by atoms with Crippen LogP contribution in [-0.2, 0) is 14.8 Å². The maximum Gasteiger partial charge on any atom is 0.251 e. The number of carbonyl (C=O) groups is 1. The number of hydrogen-bond donors (Lipinski definition) is 2. The largest absolute Gasteiger partial charge is 0.377 e. The van der Waals surface area contributed by atoms with Gasteiger partial charge in [-0.15, -0.1) is 11.8 Å². The van der Waals surface area contributed by atoms with Gasteiger partial charge < -0.3 is 10.1 Å². The smallest absolute Gasteiger partial charge is 0.251 e. The third-order valence-corrected chi connectivity index (χ3v) is 7.78. The summed E-state index contributed by atoms with van der Waals surface area (Å²) in [6.45, 7) is 0.948. The van der Waals surface area contributed by atoms with Gasteiger partial charge in [-0.3, -0.25) is 4.79 Å². The first kappa shape index (κ1) is 20.4. The molecule has 154 valence electrons. The molecule has 1 saturated heterocycles. The number of ether oxygens (including phenoxy) is 1. The van der Waals surface area contributed by atoms with Gasteiger partial charge in [0.15, 0.2) is 0 Å². The molecule has 1 amide bonds. The third kappa shape index (κ3) is 4.83. The number of rotatable bonds is 6. The highest BCUT2D eigenvalue weighted by atomic mass is 32.2. The van der Waals surface area contributed by atoms with E-state index in [9.17, 15) is 13.2 Å². The van der Waals surface area contributed by atoms with Crippen molar-refractivity contribution in [3.63, 3.8) is 0 Å². The summed E-state index contributed by atoms with van der Waals surface area (Å²) in [5.41, 5.74) is 1.58. The Morgan fingerprint density at radius 2 is 1.90 bits per heavy atom. The molecule has 0 aromatic heterocycles. The molecule has 1 fully saturated rings. The molecular weight excluding hydrogens is 408 g/mol. The predicted molar refractivity (Wildman–Crippen MR) is 113 cm³/mol. The highest BCUT2D eigenvalue weighted by molar-refractivity contribution is 7.99. The lowest BCUT2D eigenvalue weighted by Gasteiger charge is -2.25. The quantitative estimate of drug-likeness (QED) is 0.733. The Morgan fingerprint density at radius 3 is 2.66 bits per heavy atom. The highest BCUT2D eigenvalue weighted by Gasteiger charge is 2.23. The van der Waals surface area contributed by atoms with Crippen molar-refractivity contribution >= 4 is 27.7 Å². The van der Waals surface area contributed by atoms with E-state index >= 15 is 0 Å². The van der Waals surface area contributed by atoms with Crippen LogP contribution in [0.1, 0.15) is 41.2 Å². The Bertz CT molecular complexity index is 970. The molecule has 2 aliphatic heterocycles. The predicted octanol–water partition coefficient (Wildman–Crippen LogP) is 3.11. The topological polar surface area (TPSA) is 84.5 Å². The van der Waals surface area contributed by atoms with Crippen molar-refractivity contribution in [1.29, 1.82) is 0 Å². The molecule has 2 aliphatic rings. The molecule has 0 radical (unpaired) electrons. The summed E-state index contributed by atoms with van der Waals surface area (Å²) >= 11 is 1.80. The molecule has 6 nitrogen and oxygen atoms in total. The fraction of sp³-hybridized carbons (Fsp3) is 0.381. The first-order valence-electron chi connectivity index (χ1n) is 9.77. The molecule has 2 heterocycles. The summed E-state index contributed by atoms with van der Waals surface area (Å²) in [5, 5.41) is 3.08. The van der Waals surface area contributed by atoms with Crippen LogP contribution in [0.5, 0.6) is 0 Å². The number of amides is 1. The number of sulfonamides is 1. The third-order valence-electron chi connectivity index (χ3n) is 5.22. The molecule has 29 heavy (non-hydrogen) atoms. The number of nitrogens with one attached hydrogen (secondary N) is 2. The molecule has 0 spiro atoms. The van der Waals surface area contributed by atoms with Gasteiger partial charge in [-0.25, -0.2) is 13.1 Å². The number of hydrogen-bond acceptors (Lipinski definition) is 5. The van der Waals surface area contributed by atoms with E-state index in [1.54, 1.807) is 23.9 Å². The number of fused-ring (bicyclic) bond motifs is 1. The van der Waals surface area contributed by atoms with E-state index in [1.165, 1.54) is 17.0 Å². The Kier molecular flexibility index (Phi) is 6.24. The zero-order valence-corrected chi connectivity index (χ0v) is 17.6. The zero-order valence-electron chi connectivity index (χ0n) is 16.0. The van der Waals surface area contributed by atoms with Crippen molar-refractivity contribution < 1.29 is 17.9 Å². The van der Waals surface area contributed by atoms with Crippen molar-refractivity contribution in [3.05, 3.63) is 59.7 Å². The minimum atomic E-state index is -3.62. The standard InChI is InChI=1S/C21H24N2O4S2/c24-21(23-19-11-13-28-20-6-2-1-5-18(19)20)15-7-9-17(10-8-15)29(25,26)22-14-16-4-3-12-27-16/h1-2,5-10,16,19,22H,3-4,11-14H2,(H,23,24)/t16-,19+/m1/s1. The van der Waals surface area contributed by atoms with Crippen LogP contribution in [0.25, 0.3) is 0 Å². The second kappa shape index (κ2) is 8.87. The molecule has 2 aromatic carbocycles. The van der Waals surface area contributed by atoms with Crippen LogP contribution in [0.3, 0.4) is 0 Å². The molecular formula is C21H24N2O4S2. The molecule has 2 atom stereocenters. The Balaban J connectivity index is 1.40. The van der Waals surface area contributed by atoms with Gasteiger partial charge >= 0.3 is 0 Å². The molecule has 4 rings (SSSR count). The summed E-state index contributed by atoms with van der Waals surface area (Å²) in [7, 11) is -3.62. The van der Waals surface area contributed by atoms with Crippen LogP contribution >= 0.6 is 11.8 Å². The van der Waals surface area contributed by atoms with Gasteiger partial charge in [0.05, 0.1) is 17.0 Å². The van der Waals surface area contributed by atoms with Gasteiger partial charge in [-0.2, -0.15) is 0 Å². The van der Waals surface area contributed by atoms with Gasteiger partial charge in [0.1, 0.15) is 0 Å². The van der Waals surface area contributed by atoms with Crippen molar-refractivity contribution in [2.45, 2.75) is 41.2 Å². The van der Waals surface area contributed by atoms with Crippen LogP contribution in [0.2, 0.25) is 0 Å². The van der Waals surface area contributed by atoms with Crippen molar-refractivity contribution in [1.82, 2.24) is 10.0 Å². The monoisotopic (exact) mass is 432 g/mol. The fourth-order valence-corrected chi connectivity index (χ4v) is 5.80. The SMILES string of the molecule is O=C(N[C@H]1CCSc2ccccc21)c1ccc(S(=O)(=O)NC[C@H]2CCCO2)cc1. The zero-order chi connectivity index (χ0) is 20.3. The number of benzene rings is 2. The fourth-order valence-electron chi connectivity index (χ4n) is 3.61.